The maximum atomic E-state index is 13.5. The molecule has 0 spiro atoms. The monoisotopic (exact) mass is 446 g/mol. The molecule has 0 aliphatic heterocycles. The van der Waals surface area contributed by atoms with Gasteiger partial charge in [0.2, 0.25) is 9.84 Å². The van der Waals surface area contributed by atoms with Crippen molar-refractivity contribution in [2.75, 3.05) is 5.73 Å². The maximum Gasteiger partial charge on any atom is 0.212 e. The molecule has 0 bridgehead atoms. The van der Waals surface area contributed by atoms with Crippen LogP contribution >= 0.6 is 0 Å². The third-order valence-corrected chi connectivity index (χ3v) is 7.24. The Labute approximate surface area is 184 Å². The van der Waals surface area contributed by atoms with Gasteiger partial charge in [0.15, 0.2) is 5.65 Å². The van der Waals surface area contributed by atoms with Gasteiger partial charge in [0.1, 0.15) is 22.0 Å². The summed E-state index contributed by atoms with van der Waals surface area (Å²) in [4.78, 5) is 9.14. The van der Waals surface area contributed by atoms with E-state index < -0.39 is 15.7 Å². The summed E-state index contributed by atoms with van der Waals surface area (Å²) >= 11 is 0. The second-order valence-electron chi connectivity index (χ2n) is 7.44. The number of para-hydroxylation sites is 2. The second-order valence-corrected chi connectivity index (χ2v) is 9.33. The Balaban J connectivity index is 1.74. The lowest BCUT2D eigenvalue weighted by Crippen LogP contribution is -2.09. The molecule has 0 saturated carbocycles. The van der Waals surface area contributed by atoms with Gasteiger partial charge in [-0.15, -0.1) is 0 Å². The molecule has 0 unspecified atom stereocenters. The van der Waals surface area contributed by atoms with Crippen molar-refractivity contribution >= 4 is 37.9 Å². The maximum absolute atomic E-state index is 13.5. The zero-order valence-electron chi connectivity index (χ0n) is 16.9. The minimum absolute atomic E-state index is 0.0531. The van der Waals surface area contributed by atoms with Crippen LogP contribution < -0.4 is 5.73 Å². The van der Waals surface area contributed by atoms with Crippen molar-refractivity contribution < 1.29 is 12.8 Å². The molecule has 5 aromatic rings. The number of aromatic nitrogens is 3. The van der Waals surface area contributed by atoms with E-state index in [-0.39, 0.29) is 21.1 Å². The van der Waals surface area contributed by atoms with Gasteiger partial charge < -0.3 is 10.3 Å². The molecule has 0 aliphatic carbocycles. The van der Waals surface area contributed by atoms with Crippen molar-refractivity contribution in [3.8, 4) is 0 Å². The Morgan fingerprint density at radius 2 is 1.47 bits per heavy atom. The molecular formula is C24H19FN4O2S. The number of sulfone groups is 1. The van der Waals surface area contributed by atoms with Crippen molar-refractivity contribution in [2.45, 2.75) is 22.8 Å². The first-order valence-electron chi connectivity index (χ1n) is 10.0. The molecule has 2 heterocycles. The highest BCUT2D eigenvalue weighted by atomic mass is 32.2. The Kier molecular flexibility index (Phi) is 4.86. The lowest BCUT2D eigenvalue weighted by atomic mass is 10.1. The van der Waals surface area contributed by atoms with Gasteiger partial charge in [-0.3, -0.25) is 0 Å². The molecule has 6 nitrogen and oxygen atoms in total. The summed E-state index contributed by atoms with van der Waals surface area (Å²) in [6.07, 6.45) is 0.638. The van der Waals surface area contributed by atoms with E-state index in [1.54, 1.807) is 10.6 Å². The quantitative estimate of drug-likeness (QED) is 0.405. The van der Waals surface area contributed by atoms with Crippen LogP contribution in [0.5, 0.6) is 0 Å². The van der Waals surface area contributed by atoms with Crippen molar-refractivity contribution in [3.63, 3.8) is 0 Å². The Morgan fingerprint density at radius 1 is 0.844 bits per heavy atom. The van der Waals surface area contributed by atoms with E-state index in [0.717, 1.165) is 17.7 Å². The molecular weight excluding hydrogens is 427 g/mol. The minimum Gasteiger partial charge on any atom is -0.384 e. The number of nitrogen functional groups attached to an aromatic ring is 1. The lowest BCUT2D eigenvalue weighted by molar-refractivity contribution is 0.595. The highest BCUT2D eigenvalue weighted by Gasteiger charge is 2.30. The fourth-order valence-electron chi connectivity index (χ4n) is 3.80. The zero-order chi connectivity index (χ0) is 22.3. The summed E-state index contributed by atoms with van der Waals surface area (Å²) in [5, 5.41) is 0. The van der Waals surface area contributed by atoms with Gasteiger partial charge >= 0.3 is 0 Å². The van der Waals surface area contributed by atoms with Gasteiger partial charge in [-0.05, 0) is 48.4 Å². The van der Waals surface area contributed by atoms with Crippen LogP contribution in [0.25, 0.3) is 22.2 Å². The predicted molar refractivity (Wildman–Crippen MR) is 121 cm³/mol. The molecule has 2 N–H and O–H groups in total. The molecule has 0 aliphatic rings. The van der Waals surface area contributed by atoms with Gasteiger partial charge in [0.25, 0.3) is 0 Å². The van der Waals surface area contributed by atoms with Crippen LogP contribution in [0.15, 0.2) is 88.7 Å². The van der Waals surface area contributed by atoms with Crippen molar-refractivity contribution in [1.29, 1.82) is 0 Å². The SMILES string of the molecule is Nc1c(S(=O)(=O)c2ccc(F)cc2)c2nc3ccccc3nc2n1CCc1ccccc1. The summed E-state index contributed by atoms with van der Waals surface area (Å²) < 4.78 is 42.1. The number of nitrogens with zero attached hydrogens (tertiary/aromatic N) is 3. The number of halogens is 1. The minimum atomic E-state index is -4.06. The number of nitrogens with two attached hydrogens (primary N) is 1. The van der Waals surface area contributed by atoms with Gasteiger partial charge in [0.05, 0.1) is 15.9 Å². The van der Waals surface area contributed by atoms with Crippen LogP contribution in [-0.2, 0) is 22.8 Å². The molecule has 5 rings (SSSR count). The Hall–Kier alpha value is -3.78. The highest BCUT2D eigenvalue weighted by molar-refractivity contribution is 7.92. The van der Waals surface area contributed by atoms with E-state index in [1.807, 2.05) is 48.5 Å². The molecule has 2 aromatic heterocycles. The molecule has 3 aromatic carbocycles. The number of aryl methyl sites for hydroxylation is 2. The molecule has 0 atom stereocenters. The van der Waals surface area contributed by atoms with Crippen LogP contribution in [0.2, 0.25) is 0 Å². The number of fused-ring (bicyclic) bond motifs is 2. The van der Waals surface area contributed by atoms with Crippen LogP contribution in [0.4, 0.5) is 10.2 Å². The second kappa shape index (κ2) is 7.72. The van der Waals surface area contributed by atoms with Crippen LogP contribution in [0.1, 0.15) is 5.56 Å². The largest absolute Gasteiger partial charge is 0.384 e. The smallest absolute Gasteiger partial charge is 0.212 e. The van der Waals surface area contributed by atoms with Gasteiger partial charge in [-0.2, -0.15) is 0 Å². The molecule has 0 fully saturated rings. The first-order chi connectivity index (χ1) is 15.4. The van der Waals surface area contributed by atoms with E-state index in [4.69, 9.17) is 5.73 Å². The normalized spacial score (nSPS) is 11.9. The first kappa shape index (κ1) is 20.1. The van der Waals surface area contributed by atoms with E-state index in [0.29, 0.717) is 29.6 Å². The summed E-state index contributed by atoms with van der Waals surface area (Å²) in [6, 6.07) is 21.8. The van der Waals surface area contributed by atoms with E-state index >= 15 is 0 Å². The standard InChI is InChI=1S/C24H19FN4O2S/c25-17-10-12-18(13-11-17)32(30,31)22-21-24(28-20-9-5-4-8-19(20)27-21)29(23(22)26)15-14-16-6-2-1-3-7-16/h1-13H,14-15,26H2. The third kappa shape index (κ3) is 3.38. The van der Waals surface area contributed by atoms with Crippen LogP contribution in [-0.4, -0.2) is 23.0 Å². The Morgan fingerprint density at radius 3 is 2.16 bits per heavy atom. The van der Waals surface area contributed by atoms with Crippen LogP contribution in [0.3, 0.4) is 0 Å². The van der Waals surface area contributed by atoms with Gasteiger partial charge in [0, 0.05) is 6.54 Å². The average Bonchev–Trinajstić information content (AvgIpc) is 3.07. The fourth-order valence-corrected chi connectivity index (χ4v) is 5.30. The molecule has 0 saturated heterocycles. The molecule has 0 radical (unpaired) electrons. The van der Waals surface area contributed by atoms with Crippen molar-refractivity contribution in [2.24, 2.45) is 0 Å². The summed E-state index contributed by atoms with van der Waals surface area (Å²) in [7, 11) is -4.06. The third-order valence-electron chi connectivity index (χ3n) is 5.41. The number of hydrogen-bond donors (Lipinski definition) is 1. The fraction of sp³-hybridized carbons (Fsp3) is 0.0833. The van der Waals surface area contributed by atoms with Crippen LogP contribution in [0, 0.1) is 5.82 Å². The lowest BCUT2D eigenvalue weighted by Gasteiger charge is -2.08. The van der Waals surface area contributed by atoms with E-state index in [1.165, 1.54) is 12.1 Å². The molecule has 8 heteroatoms. The topological polar surface area (TPSA) is 90.9 Å². The molecule has 0 amide bonds. The predicted octanol–water partition coefficient (Wildman–Crippen LogP) is 4.38. The van der Waals surface area contributed by atoms with E-state index in [2.05, 4.69) is 9.97 Å². The number of benzene rings is 3. The number of rotatable bonds is 5. The number of hydrogen-bond acceptors (Lipinski definition) is 5. The summed E-state index contributed by atoms with van der Waals surface area (Å²) in [6.45, 7) is 0.429. The molecule has 160 valence electrons. The first-order valence-corrected chi connectivity index (χ1v) is 11.5. The van der Waals surface area contributed by atoms with E-state index in [9.17, 15) is 12.8 Å². The van der Waals surface area contributed by atoms with Crippen molar-refractivity contribution in [3.05, 3.63) is 90.2 Å². The van der Waals surface area contributed by atoms with Gasteiger partial charge in [-0.1, -0.05) is 42.5 Å². The zero-order valence-corrected chi connectivity index (χ0v) is 17.8. The molecule has 32 heavy (non-hydrogen) atoms. The van der Waals surface area contributed by atoms with Gasteiger partial charge in [-0.25, -0.2) is 22.8 Å². The average molecular weight is 447 g/mol. The highest BCUT2D eigenvalue weighted by Crippen LogP contribution is 2.35. The van der Waals surface area contributed by atoms with Crippen molar-refractivity contribution in [1.82, 2.24) is 14.5 Å². The number of anilines is 1. The summed E-state index contributed by atoms with van der Waals surface area (Å²) in [5.74, 6) is -0.455. The summed E-state index contributed by atoms with van der Waals surface area (Å²) in [5.41, 5.74) is 9.33. The Bertz CT molecular complexity index is 1550.